The van der Waals surface area contributed by atoms with Crippen molar-refractivity contribution in [1.82, 2.24) is 10.6 Å². The van der Waals surface area contributed by atoms with Crippen LogP contribution in [-0.4, -0.2) is 42.3 Å². The van der Waals surface area contributed by atoms with Gasteiger partial charge < -0.3 is 25.2 Å². The summed E-state index contributed by atoms with van der Waals surface area (Å²) in [5, 5.41) is 14.7. The van der Waals surface area contributed by atoms with E-state index in [1.54, 1.807) is 12.1 Å². The van der Waals surface area contributed by atoms with Crippen LogP contribution in [0, 0.1) is 5.92 Å². The molecule has 0 aromatic heterocycles. The number of nitrogens with one attached hydrogen (secondary N) is 2. The number of phenolic OH excluding ortho intramolecular Hbond substituents is 1. The predicted octanol–water partition coefficient (Wildman–Crippen LogP) is 2.93. The molecular formula is C24H30N2O6. The highest BCUT2D eigenvalue weighted by Gasteiger charge is 2.28. The molecule has 0 aliphatic heterocycles. The molecule has 0 aliphatic rings. The summed E-state index contributed by atoms with van der Waals surface area (Å²) in [6.45, 7) is 3.92. The van der Waals surface area contributed by atoms with Gasteiger partial charge in [0.15, 0.2) is 0 Å². The highest BCUT2D eigenvalue weighted by atomic mass is 16.5. The maximum absolute atomic E-state index is 12.9. The average molecular weight is 443 g/mol. The summed E-state index contributed by atoms with van der Waals surface area (Å²) in [5.41, 5.74) is 1.56. The smallest absolute Gasteiger partial charge is 0.408 e. The predicted molar refractivity (Wildman–Crippen MR) is 119 cm³/mol. The third-order valence-corrected chi connectivity index (χ3v) is 4.71. The van der Waals surface area contributed by atoms with E-state index in [1.165, 1.54) is 19.2 Å². The van der Waals surface area contributed by atoms with Crippen molar-refractivity contribution in [2.45, 2.75) is 45.4 Å². The Morgan fingerprint density at radius 2 is 1.56 bits per heavy atom. The molecule has 0 radical (unpaired) electrons. The summed E-state index contributed by atoms with van der Waals surface area (Å²) in [4.78, 5) is 37.5. The van der Waals surface area contributed by atoms with Gasteiger partial charge in [0.2, 0.25) is 5.91 Å². The first-order valence-corrected chi connectivity index (χ1v) is 10.4. The molecule has 3 N–H and O–H groups in total. The van der Waals surface area contributed by atoms with Crippen molar-refractivity contribution in [2.75, 3.05) is 7.11 Å². The number of alkyl carbamates (subject to hydrolysis) is 1. The minimum absolute atomic E-state index is 0.0777. The van der Waals surface area contributed by atoms with Gasteiger partial charge in [-0.1, -0.05) is 56.3 Å². The third-order valence-electron chi connectivity index (χ3n) is 4.71. The molecule has 0 aliphatic carbocycles. The fourth-order valence-corrected chi connectivity index (χ4v) is 3.09. The first-order valence-electron chi connectivity index (χ1n) is 10.4. The van der Waals surface area contributed by atoms with E-state index in [2.05, 4.69) is 10.6 Å². The van der Waals surface area contributed by atoms with Crippen LogP contribution in [0.3, 0.4) is 0 Å². The molecule has 0 unspecified atom stereocenters. The minimum Gasteiger partial charge on any atom is -0.508 e. The highest BCUT2D eigenvalue weighted by Crippen LogP contribution is 2.13. The van der Waals surface area contributed by atoms with E-state index in [4.69, 9.17) is 9.47 Å². The summed E-state index contributed by atoms with van der Waals surface area (Å²) >= 11 is 0. The number of carbonyl (C=O) groups is 3. The number of hydrogen-bond acceptors (Lipinski definition) is 6. The first-order chi connectivity index (χ1) is 15.3. The maximum atomic E-state index is 12.9. The Labute approximate surface area is 187 Å². The molecule has 0 heterocycles. The number of benzene rings is 2. The SMILES string of the molecule is COC(=O)[C@H](Cc1ccc(O)cc1)NC(=O)[C@H](CC(C)C)NC(=O)OCc1ccccc1. The van der Waals surface area contributed by atoms with Gasteiger partial charge in [0.25, 0.3) is 0 Å². The first kappa shape index (κ1) is 24.7. The van der Waals surface area contributed by atoms with Gasteiger partial charge in [-0.25, -0.2) is 9.59 Å². The third kappa shape index (κ3) is 8.29. The topological polar surface area (TPSA) is 114 Å². The number of hydrogen-bond donors (Lipinski definition) is 3. The van der Waals surface area contributed by atoms with E-state index in [0.717, 1.165) is 11.1 Å². The van der Waals surface area contributed by atoms with Crippen LogP contribution < -0.4 is 10.6 Å². The normalized spacial score (nSPS) is 12.5. The number of rotatable bonds is 10. The number of aromatic hydroxyl groups is 1. The van der Waals surface area contributed by atoms with Crippen molar-refractivity contribution in [3.05, 3.63) is 65.7 Å². The lowest BCUT2D eigenvalue weighted by molar-refractivity contribution is -0.145. The number of phenols is 1. The lowest BCUT2D eigenvalue weighted by Gasteiger charge is -2.23. The molecule has 8 heteroatoms. The molecule has 172 valence electrons. The van der Waals surface area contributed by atoms with Crippen LogP contribution in [0.2, 0.25) is 0 Å². The molecule has 2 amide bonds. The van der Waals surface area contributed by atoms with Gasteiger partial charge >= 0.3 is 12.1 Å². The lowest BCUT2D eigenvalue weighted by atomic mass is 10.0. The second-order valence-corrected chi connectivity index (χ2v) is 7.84. The van der Waals surface area contributed by atoms with Crippen LogP contribution in [0.15, 0.2) is 54.6 Å². The standard InChI is InChI=1S/C24H30N2O6/c1-16(2)13-20(26-24(30)32-15-18-7-5-4-6-8-18)22(28)25-21(23(29)31-3)14-17-9-11-19(27)12-10-17/h4-12,16,20-21,27H,13-15H2,1-3H3,(H,25,28)(H,26,30)/t20-,21-/m0/s1. The Morgan fingerprint density at radius 3 is 2.16 bits per heavy atom. The molecule has 0 spiro atoms. The number of methoxy groups -OCH3 is 1. The van der Waals surface area contributed by atoms with Crippen LogP contribution in [0.5, 0.6) is 5.75 Å². The average Bonchev–Trinajstić information content (AvgIpc) is 2.78. The second-order valence-electron chi connectivity index (χ2n) is 7.84. The van der Waals surface area contributed by atoms with Crippen molar-refractivity contribution in [3.63, 3.8) is 0 Å². The lowest BCUT2D eigenvalue weighted by Crippen LogP contribution is -2.53. The Hall–Kier alpha value is -3.55. The zero-order valence-corrected chi connectivity index (χ0v) is 18.5. The molecule has 32 heavy (non-hydrogen) atoms. The molecule has 0 bridgehead atoms. The highest BCUT2D eigenvalue weighted by molar-refractivity contribution is 5.89. The van der Waals surface area contributed by atoms with E-state index in [9.17, 15) is 19.5 Å². The molecular weight excluding hydrogens is 412 g/mol. The second kappa shape index (κ2) is 12.3. The Balaban J connectivity index is 2.03. The van der Waals surface area contributed by atoms with Crippen molar-refractivity contribution in [2.24, 2.45) is 5.92 Å². The maximum Gasteiger partial charge on any atom is 0.408 e. The van der Waals surface area contributed by atoms with E-state index < -0.39 is 30.1 Å². The molecule has 2 atom stereocenters. The summed E-state index contributed by atoms with van der Waals surface area (Å²) in [5.74, 6) is -0.914. The van der Waals surface area contributed by atoms with E-state index >= 15 is 0 Å². The van der Waals surface area contributed by atoms with Crippen molar-refractivity contribution < 1.29 is 29.0 Å². The van der Waals surface area contributed by atoms with Gasteiger partial charge in [-0.15, -0.1) is 0 Å². The number of carbonyl (C=O) groups excluding carboxylic acids is 3. The van der Waals surface area contributed by atoms with Crippen LogP contribution >= 0.6 is 0 Å². The largest absolute Gasteiger partial charge is 0.508 e. The van der Waals surface area contributed by atoms with Crippen LogP contribution in [-0.2, 0) is 32.1 Å². The molecule has 2 aromatic carbocycles. The zero-order chi connectivity index (χ0) is 23.5. The number of ether oxygens (including phenoxy) is 2. The summed E-state index contributed by atoms with van der Waals surface area (Å²) < 4.78 is 10.0. The molecule has 0 saturated heterocycles. The summed E-state index contributed by atoms with van der Waals surface area (Å²) in [7, 11) is 1.24. The number of amides is 2. The summed E-state index contributed by atoms with van der Waals surface area (Å²) in [6.07, 6.45) is -0.187. The molecule has 0 fully saturated rings. The minimum atomic E-state index is -0.950. The fraction of sp³-hybridized carbons (Fsp3) is 0.375. The van der Waals surface area contributed by atoms with E-state index in [1.807, 2.05) is 44.2 Å². The molecule has 8 nitrogen and oxygen atoms in total. The Kier molecular flexibility index (Phi) is 9.53. The Bertz CT molecular complexity index is 883. The van der Waals surface area contributed by atoms with Crippen molar-refractivity contribution in [3.8, 4) is 5.75 Å². The van der Waals surface area contributed by atoms with Crippen LogP contribution in [0.25, 0.3) is 0 Å². The van der Waals surface area contributed by atoms with E-state index in [-0.39, 0.29) is 24.7 Å². The van der Waals surface area contributed by atoms with Gasteiger partial charge in [0, 0.05) is 6.42 Å². The number of esters is 1. The fourth-order valence-electron chi connectivity index (χ4n) is 3.09. The van der Waals surface area contributed by atoms with Gasteiger partial charge in [-0.2, -0.15) is 0 Å². The van der Waals surface area contributed by atoms with Crippen molar-refractivity contribution in [1.29, 1.82) is 0 Å². The van der Waals surface area contributed by atoms with E-state index in [0.29, 0.717) is 6.42 Å². The van der Waals surface area contributed by atoms with Crippen LogP contribution in [0.4, 0.5) is 4.79 Å². The Morgan fingerprint density at radius 1 is 0.906 bits per heavy atom. The van der Waals surface area contributed by atoms with Gasteiger partial charge in [0.1, 0.15) is 24.4 Å². The van der Waals surface area contributed by atoms with Gasteiger partial charge in [-0.3, -0.25) is 4.79 Å². The quantitative estimate of drug-likeness (QED) is 0.488. The zero-order valence-electron chi connectivity index (χ0n) is 18.5. The molecule has 0 saturated carbocycles. The van der Waals surface area contributed by atoms with Gasteiger partial charge in [-0.05, 0) is 35.6 Å². The monoisotopic (exact) mass is 442 g/mol. The summed E-state index contributed by atoms with van der Waals surface area (Å²) in [6, 6.07) is 13.7. The van der Waals surface area contributed by atoms with Crippen molar-refractivity contribution >= 4 is 18.0 Å². The van der Waals surface area contributed by atoms with Crippen LogP contribution in [0.1, 0.15) is 31.4 Å². The molecule has 2 rings (SSSR count). The van der Waals surface area contributed by atoms with Gasteiger partial charge in [0.05, 0.1) is 7.11 Å². The molecule has 2 aromatic rings.